The number of benzene rings is 3. The minimum absolute atomic E-state index is 0.0120. The minimum Gasteiger partial charge on any atom is -0.443 e. The highest BCUT2D eigenvalue weighted by atomic mass is 32.1. The molecule has 0 spiro atoms. The number of hydrogen-bond donors (Lipinski definition) is 6. The lowest BCUT2D eigenvalue weighted by Crippen LogP contribution is -2.57. The number of nitrogens with one attached hydrogen (secondary N) is 4. The van der Waals surface area contributed by atoms with E-state index in [0.29, 0.717) is 35.6 Å². The zero-order valence-corrected chi connectivity index (χ0v) is 38.7. The molecule has 5 aromatic rings. The van der Waals surface area contributed by atoms with E-state index >= 15 is 0 Å². The number of ether oxygens (including phenoxy) is 1. The normalized spacial score (nSPS) is 15.2. The third kappa shape index (κ3) is 13.9. The van der Waals surface area contributed by atoms with Crippen LogP contribution in [0.15, 0.2) is 84.5 Å². The Balaban J connectivity index is 0.845. The fraction of sp³-hybridized carbons (Fsp3) is 0.417. The first-order valence-electron chi connectivity index (χ1n) is 22.2. The molecule has 1 aliphatic heterocycles. The average Bonchev–Trinajstić information content (AvgIpc) is 4.06. The molecular weight excluding hydrogens is 861 g/mol. The highest BCUT2D eigenvalue weighted by molar-refractivity contribution is 7.13. The van der Waals surface area contributed by atoms with E-state index in [9.17, 15) is 29.1 Å². The lowest BCUT2D eigenvalue weighted by atomic mass is 9.85. The number of rotatable bonds is 20. The second-order valence-electron chi connectivity index (χ2n) is 17.6. The van der Waals surface area contributed by atoms with Crippen LogP contribution in [0.1, 0.15) is 98.6 Å². The number of nitrogens with zero attached hydrogens (tertiary/aromatic N) is 5. The van der Waals surface area contributed by atoms with Crippen LogP contribution in [0.25, 0.3) is 10.4 Å². The number of anilines is 2. The van der Waals surface area contributed by atoms with Crippen molar-refractivity contribution in [1.82, 2.24) is 40.8 Å². The van der Waals surface area contributed by atoms with E-state index < -0.39 is 29.7 Å². The van der Waals surface area contributed by atoms with Crippen molar-refractivity contribution in [2.45, 2.75) is 117 Å². The van der Waals surface area contributed by atoms with Crippen LogP contribution in [0.5, 0.6) is 0 Å². The SMILES string of the molecule is Cc1ncsc1-c1ccc(CNC(=O)[C@@H]2C[C@@H](O)CN2C(=O)[C@@H](NC(=O)CCCCCCCn2cc(COC(=O)NCc3ccc(C(=O)Nc4ccccc4N)cc3)nn2)C(C)(C)C)cc1. The minimum atomic E-state index is -0.881. The van der Waals surface area contributed by atoms with Gasteiger partial charge in [-0.2, -0.15) is 0 Å². The van der Waals surface area contributed by atoms with Crippen LogP contribution in [-0.4, -0.2) is 84.4 Å². The first kappa shape index (κ1) is 48.8. The Bertz CT molecular complexity index is 2430. The Kier molecular flexibility index (Phi) is 17.0. The Morgan fingerprint density at radius 3 is 2.29 bits per heavy atom. The van der Waals surface area contributed by atoms with Crippen molar-refractivity contribution in [3.63, 3.8) is 0 Å². The highest BCUT2D eigenvalue weighted by Crippen LogP contribution is 2.29. The lowest BCUT2D eigenvalue weighted by Gasteiger charge is -2.35. The van der Waals surface area contributed by atoms with Gasteiger partial charge in [-0.15, -0.1) is 16.4 Å². The summed E-state index contributed by atoms with van der Waals surface area (Å²) in [6.07, 6.45) is 4.76. The van der Waals surface area contributed by atoms with E-state index in [1.54, 1.807) is 70.7 Å². The van der Waals surface area contributed by atoms with Crippen molar-refractivity contribution in [2.24, 2.45) is 5.41 Å². The van der Waals surface area contributed by atoms with Gasteiger partial charge in [0.15, 0.2) is 0 Å². The molecule has 5 amide bonds. The van der Waals surface area contributed by atoms with E-state index in [1.165, 1.54) is 4.90 Å². The van der Waals surface area contributed by atoms with Crippen molar-refractivity contribution in [3.05, 3.63) is 113 Å². The third-order valence-corrected chi connectivity index (χ3v) is 12.3. The summed E-state index contributed by atoms with van der Waals surface area (Å²) in [5.74, 6) is -1.27. The van der Waals surface area contributed by atoms with Gasteiger partial charge in [0.05, 0.1) is 39.8 Å². The molecule has 350 valence electrons. The number of unbranched alkanes of at least 4 members (excludes halogenated alkanes) is 4. The molecule has 3 aromatic carbocycles. The highest BCUT2D eigenvalue weighted by Gasteiger charge is 2.44. The summed E-state index contributed by atoms with van der Waals surface area (Å²) >= 11 is 1.57. The number of alkyl carbamates (subject to hydrolysis) is 1. The second-order valence-corrected chi connectivity index (χ2v) is 18.5. The predicted octanol–water partition coefficient (Wildman–Crippen LogP) is 6.12. The molecular formula is C48H60N10O7S. The molecule has 1 fully saturated rings. The quantitative estimate of drug-likeness (QED) is 0.0384. The van der Waals surface area contributed by atoms with Crippen LogP contribution >= 0.6 is 11.3 Å². The van der Waals surface area contributed by atoms with E-state index in [1.807, 2.05) is 57.5 Å². The zero-order chi connectivity index (χ0) is 47.2. The molecule has 3 heterocycles. The van der Waals surface area contributed by atoms with E-state index in [0.717, 1.165) is 52.9 Å². The molecule has 17 nitrogen and oxygen atoms in total. The molecule has 0 aliphatic carbocycles. The maximum absolute atomic E-state index is 14.0. The molecule has 0 radical (unpaired) electrons. The zero-order valence-electron chi connectivity index (χ0n) is 37.9. The number of aliphatic hydroxyl groups is 1. The van der Waals surface area contributed by atoms with Crippen molar-refractivity contribution in [2.75, 3.05) is 17.6 Å². The Labute approximate surface area is 388 Å². The van der Waals surface area contributed by atoms with Crippen molar-refractivity contribution < 1.29 is 33.8 Å². The lowest BCUT2D eigenvalue weighted by molar-refractivity contribution is -0.144. The van der Waals surface area contributed by atoms with E-state index in [-0.39, 0.29) is 62.7 Å². The van der Waals surface area contributed by atoms with Gasteiger partial charge < -0.3 is 41.7 Å². The largest absolute Gasteiger partial charge is 0.443 e. The van der Waals surface area contributed by atoms with Crippen molar-refractivity contribution in [1.29, 1.82) is 0 Å². The van der Waals surface area contributed by atoms with E-state index in [2.05, 4.69) is 36.6 Å². The van der Waals surface area contributed by atoms with E-state index in [4.69, 9.17) is 10.5 Å². The molecule has 0 bridgehead atoms. The summed E-state index contributed by atoms with van der Waals surface area (Å²) < 4.78 is 7.01. The molecule has 1 saturated heterocycles. The maximum Gasteiger partial charge on any atom is 0.407 e. The van der Waals surface area contributed by atoms with Gasteiger partial charge in [-0.05, 0) is 66.1 Å². The van der Waals surface area contributed by atoms with Crippen LogP contribution in [0, 0.1) is 12.3 Å². The molecule has 0 unspecified atom stereocenters. The number of aliphatic hydroxyl groups excluding tert-OH is 1. The first-order chi connectivity index (χ1) is 31.6. The summed E-state index contributed by atoms with van der Waals surface area (Å²) in [5.41, 5.74) is 12.8. The number of amides is 5. The molecule has 0 saturated carbocycles. The van der Waals surface area contributed by atoms with Crippen molar-refractivity contribution in [3.8, 4) is 10.4 Å². The van der Waals surface area contributed by atoms with Gasteiger partial charge in [0, 0.05) is 44.6 Å². The number of hydrogen-bond acceptors (Lipinski definition) is 12. The fourth-order valence-corrected chi connectivity index (χ4v) is 8.37. The summed E-state index contributed by atoms with van der Waals surface area (Å²) in [4.78, 5) is 72.3. The molecule has 7 N–H and O–H groups in total. The molecule has 6 rings (SSSR count). The number of thiazole rings is 1. The molecule has 1 aliphatic rings. The number of likely N-dealkylation sites (tertiary alicyclic amines) is 1. The van der Waals surface area contributed by atoms with Gasteiger partial charge in [0.2, 0.25) is 17.7 Å². The summed E-state index contributed by atoms with van der Waals surface area (Å²) in [6.45, 7) is 8.66. The Morgan fingerprint density at radius 2 is 1.59 bits per heavy atom. The number of aromatic nitrogens is 4. The summed E-state index contributed by atoms with van der Waals surface area (Å²) in [5, 5.41) is 30.2. The Hall–Kier alpha value is -6.66. The maximum atomic E-state index is 14.0. The molecule has 66 heavy (non-hydrogen) atoms. The number of nitrogen functional groups attached to an aromatic ring is 1. The van der Waals surface area contributed by atoms with Gasteiger partial charge >= 0.3 is 6.09 Å². The predicted molar refractivity (Wildman–Crippen MR) is 252 cm³/mol. The topological polar surface area (TPSA) is 236 Å². The van der Waals surface area contributed by atoms with Gasteiger partial charge in [0.1, 0.15) is 24.4 Å². The van der Waals surface area contributed by atoms with Crippen LogP contribution in [0.4, 0.5) is 16.2 Å². The average molecular weight is 921 g/mol. The number of aryl methyl sites for hydroxylation is 2. The molecule has 2 aromatic heterocycles. The monoisotopic (exact) mass is 920 g/mol. The standard InChI is InChI=1S/C48H60N10O7S/c1-31-42(66-30-52-31)34-19-15-32(16-20-34)25-50-45(62)40-24-37(59)28-58(40)46(63)43(48(2,3)4)54-41(60)14-8-6-5-7-11-23-57-27-36(55-56-57)29-65-47(64)51-26-33-17-21-35(22-18-33)44(61)53-39-13-10-9-12-38(39)49/h9-10,12-13,15-22,27,30,37,40,43,59H,5-8,11,14,23-26,28-29,49H2,1-4H3,(H,50,62)(H,51,64)(H,53,61)(H,54,60)/t37-,40+,43-/m1/s1. The third-order valence-electron chi connectivity index (χ3n) is 11.3. The van der Waals surface area contributed by atoms with Crippen molar-refractivity contribution >= 4 is 52.4 Å². The number of carbonyl (C=O) groups is 5. The number of para-hydroxylation sites is 2. The first-order valence-corrected chi connectivity index (χ1v) is 23.1. The van der Waals surface area contributed by atoms with Crippen LogP contribution in [0.2, 0.25) is 0 Å². The second kappa shape index (κ2) is 23.0. The summed E-state index contributed by atoms with van der Waals surface area (Å²) in [7, 11) is 0. The van der Waals surface area contributed by atoms with Gasteiger partial charge in [0.25, 0.3) is 5.91 Å². The van der Waals surface area contributed by atoms with Crippen LogP contribution in [0.3, 0.4) is 0 Å². The fourth-order valence-electron chi connectivity index (χ4n) is 7.56. The smallest absolute Gasteiger partial charge is 0.407 e. The van der Waals surface area contributed by atoms with Gasteiger partial charge in [-0.3, -0.25) is 23.9 Å². The molecule has 3 atom stereocenters. The van der Waals surface area contributed by atoms with Gasteiger partial charge in [-0.25, -0.2) is 9.78 Å². The Morgan fingerprint density at radius 1 is 0.909 bits per heavy atom. The molecule has 18 heteroatoms. The van der Waals surface area contributed by atoms with Gasteiger partial charge in [-0.1, -0.05) is 93.8 Å². The number of nitrogens with two attached hydrogens (primary N) is 1. The number of carbonyl (C=O) groups excluding carboxylic acids is 5. The van der Waals surface area contributed by atoms with Crippen LogP contribution in [-0.2, 0) is 45.4 Å². The van der Waals surface area contributed by atoms with Crippen LogP contribution < -0.4 is 27.0 Å². The number of β-amino-alcohol motifs (C(OH)–C–C–N with tert-alkyl or cyclic N) is 1. The summed E-state index contributed by atoms with van der Waals surface area (Å²) in [6, 6.07) is 20.0.